The van der Waals surface area contributed by atoms with Crippen molar-refractivity contribution >= 4 is 11.6 Å². The third-order valence-corrected chi connectivity index (χ3v) is 4.55. The Morgan fingerprint density at radius 2 is 2.23 bits per heavy atom. The summed E-state index contributed by atoms with van der Waals surface area (Å²) in [6.45, 7) is 4.84. The molecule has 1 atom stereocenters. The van der Waals surface area contributed by atoms with Gasteiger partial charge in [0.2, 0.25) is 5.88 Å². The van der Waals surface area contributed by atoms with Crippen LogP contribution < -0.4 is 15.6 Å². The van der Waals surface area contributed by atoms with Crippen LogP contribution in [0.1, 0.15) is 34.5 Å². The van der Waals surface area contributed by atoms with Gasteiger partial charge in [0.05, 0.1) is 31.6 Å². The second-order valence-electron chi connectivity index (χ2n) is 6.44. The van der Waals surface area contributed by atoms with Crippen LogP contribution >= 0.6 is 0 Å². The maximum absolute atomic E-state index is 12.9. The molecule has 0 bridgehead atoms. The quantitative estimate of drug-likeness (QED) is 0.888. The number of nitrogens with one attached hydrogen (secondary N) is 1. The van der Waals surface area contributed by atoms with Gasteiger partial charge in [-0.25, -0.2) is 4.98 Å². The lowest BCUT2D eigenvalue weighted by Gasteiger charge is -2.17. The topological polar surface area (TPSA) is 82.5 Å². The van der Waals surface area contributed by atoms with Gasteiger partial charge < -0.3 is 19.4 Å². The molecule has 0 saturated carbocycles. The van der Waals surface area contributed by atoms with Crippen LogP contribution in [0.3, 0.4) is 0 Å². The first-order valence-electron chi connectivity index (χ1n) is 8.63. The lowest BCUT2D eigenvalue weighted by Crippen LogP contribution is -2.34. The van der Waals surface area contributed by atoms with E-state index in [4.69, 9.17) is 9.47 Å². The predicted octanol–water partition coefficient (Wildman–Crippen LogP) is 2.30. The average molecular weight is 357 g/mol. The molecule has 0 spiro atoms. The standard InChI is InChI=1S/C19H23N3O4/c1-12-9-13(2)22(11-15-5-4-8-26-15)19(24)17(12)18(23)21-14-6-7-16(25-3)20-10-14/h6-7,9-10,15H,4-5,8,11H2,1-3H3,(H,21,23). The van der Waals surface area contributed by atoms with Gasteiger partial charge in [0.25, 0.3) is 11.5 Å². The summed E-state index contributed by atoms with van der Waals surface area (Å²) < 4.78 is 12.3. The summed E-state index contributed by atoms with van der Waals surface area (Å²) in [5.41, 5.74) is 1.82. The number of nitrogens with zero attached hydrogens (tertiary/aromatic N) is 2. The Balaban J connectivity index is 1.87. The molecular formula is C19H23N3O4. The van der Waals surface area contributed by atoms with E-state index in [9.17, 15) is 9.59 Å². The molecular weight excluding hydrogens is 334 g/mol. The molecule has 138 valence electrons. The van der Waals surface area contributed by atoms with Gasteiger partial charge in [-0.05, 0) is 44.4 Å². The summed E-state index contributed by atoms with van der Waals surface area (Å²) in [7, 11) is 1.52. The van der Waals surface area contributed by atoms with Crippen molar-refractivity contribution in [2.24, 2.45) is 0 Å². The molecule has 7 nitrogen and oxygen atoms in total. The van der Waals surface area contributed by atoms with Crippen molar-refractivity contribution in [1.82, 2.24) is 9.55 Å². The number of amides is 1. The molecule has 1 amide bonds. The Kier molecular flexibility index (Phi) is 5.37. The number of hydrogen-bond acceptors (Lipinski definition) is 5. The number of rotatable bonds is 5. The van der Waals surface area contributed by atoms with Crippen LogP contribution in [-0.4, -0.2) is 35.3 Å². The second-order valence-corrected chi connectivity index (χ2v) is 6.44. The normalized spacial score (nSPS) is 16.5. The Bertz CT molecular complexity index is 852. The molecule has 1 saturated heterocycles. The van der Waals surface area contributed by atoms with Crippen molar-refractivity contribution in [3.05, 3.63) is 51.6 Å². The van der Waals surface area contributed by atoms with E-state index in [0.29, 0.717) is 23.7 Å². The molecule has 3 heterocycles. The van der Waals surface area contributed by atoms with Crippen LogP contribution in [0.2, 0.25) is 0 Å². The molecule has 1 unspecified atom stereocenters. The molecule has 26 heavy (non-hydrogen) atoms. The van der Waals surface area contributed by atoms with E-state index in [2.05, 4.69) is 10.3 Å². The number of methoxy groups -OCH3 is 1. The zero-order chi connectivity index (χ0) is 18.7. The number of pyridine rings is 2. The summed E-state index contributed by atoms with van der Waals surface area (Å²) >= 11 is 0. The lowest BCUT2D eigenvalue weighted by atomic mass is 10.1. The minimum Gasteiger partial charge on any atom is -0.481 e. The molecule has 2 aromatic heterocycles. The fourth-order valence-corrected chi connectivity index (χ4v) is 3.19. The highest BCUT2D eigenvalue weighted by Gasteiger charge is 2.22. The first-order chi connectivity index (χ1) is 12.5. The van der Waals surface area contributed by atoms with Crippen molar-refractivity contribution in [3.8, 4) is 5.88 Å². The van der Waals surface area contributed by atoms with Gasteiger partial charge in [-0.15, -0.1) is 0 Å². The van der Waals surface area contributed by atoms with Crippen molar-refractivity contribution in [2.75, 3.05) is 19.0 Å². The maximum Gasteiger partial charge on any atom is 0.263 e. The fourth-order valence-electron chi connectivity index (χ4n) is 3.19. The third kappa shape index (κ3) is 3.77. The average Bonchev–Trinajstić information content (AvgIpc) is 3.12. The smallest absolute Gasteiger partial charge is 0.263 e. The van der Waals surface area contributed by atoms with E-state index in [1.807, 2.05) is 13.0 Å². The van der Waals surface area contributed by atoms with Crippen LogP contribution in [0.5, 0.6) is 5.88 Å². The monoisotopic (exact) mass is 357 g/mol. The van der Waals surface area contributed by atoms with Crippen LogP contribution in [0, 0.1) is 13.8 Å². The minimum atomic E-state index is -0.444. The molecule has 0 aromatic carbocycles. The van der Waals surface area contributed by atoms with Crippen molar-refractivity contribution in [2.45, 2.75) is 39.3 Å². The molecule has 0 aliphatic carbocycles. The summed E-state index contributed by atoms with van der Waals surface area (Å²) in [6, 6.07) is 5.18. The van der Waals surface area contributed by atoms with Gasteiger partial charge in [0, 0.05) is 18.4 Å². The zero-order valence-electron chi connectivity index (χ0n) is 15.2. The van der Waals surface area contributed by atoms with Crippen LogP contribution in [0.25, 0.3) is 0 Å². The lowest BCUT2D eigenvalue weighted by molar-refractivity contribution is 0.0947. The van der Waals surface area contributed by atoms with E-state index in [-0.39, 0.29) is 17.2 Å². The number of carbonyl (C=O) groups excluding carboxylic acids is 1. The van der Waals surface area contributed by atoms with E-state index < -0.39 is 5.91 Å². The van der Waals surface area contributed by atoms with Gasteiger partial charge in [-0.3, -0.25) is 9.59 Å². The van der Waals surface area contributed by atoms with Crippen LogP contribution in [0.4, 0.5) is 5.69 Å². The van der Waals surface area contributed by atoms with Crippen LogP contribution in [0.15, 0.2) is 29.2 Å². The molecule has 3 rings (SSSR count). The Labute approximate surface area is 152 Å². The van der Waals surface area contributed by atoms with Gasteiger partial charge >= 0.3 is 0 Å². The van der Waals surface area contributed by atoms with Crippen molar-refractivity contribution in [1.29, 1.82) is 0 Å². The summed E-state index contributed by atoms with van der Waals surface area (Å²) in [5.74, 6) is 0.00833. The summed E-state index contributed by atoms with van der Waals surface area (Å²) in [6.07, 6.45) is 3.45. The number of ether oxygens (including phenoxy) is 2. The largest absolute Gasteiger partial charge is 0.481 e. The molecule has 1 aliphatic rings. The van der Waals surface area contributed by atoms with Gasteiger partial charge in [-0.1, -0.05) is 0 Å². The highest BCUT2D eigenvalue weighted by Crippen LogP contribution is 2.16. The highest BCUT2D eigenvalue weighted by molar-refractivity contribution is 6.04. The van der Waals surface area contributed by atoms with Gasteiger partial charge in [0.1, 0.15) is 5.56 Å². The number of aryl methyl sites for hydroxylation is 2. The van der Waals surface area contributed by atoms with Gasteiger partial charge in [0.15, 0.2) is 0 Å². The molecule has 1 aliphatic heterocycles. The number of anilines is 1. The second kappa shape index (κ2) is 7.70. The molecule has 7 heteroatoms. The zero-order valence-corrected chi connectivity index (χ0v) is 15.2. The number of aromatic nitrogens is 2. The van der Waals surface area contributed by atoms with E-state index in [0.717, 1.165) is 25.1 Å². The fraction of sp³-hybridized carbons (Fsp3) is 0.421. The van der Waals surface area contributed by atoms with Crippen molar-refractivity contribution in [3.63, 3.8) is 0 Å². The molecule has 0 radical (unpaired) electrons. The number of hydrogen-bond donors (Lipinski definition) is 1. The molecule has 1 N–H and O–H groups in total. The Morgan fingerprint density at radius 1 is 1.42 bits per heavy atom. The van der Waals surface area contributed by atoms with E-state index in [1.165, 1.54) is 13.3 Å². The molecule has 2 aromatic rings. The predicted molar refractivity (Wildman–Crippen MR) is 97.9 cm³/mol. The van der Waals surface area contributed by atoms with Crippen molar-refractivity contribution < 1.29 is 14.3 Å². The third-order valence-electron chi connectivity index (χ3n) is 4.55. The van der Waals surface area contributed by atoms with E-state index in [1.54, 1.807) is 23.6 Å². The van der Waals surface area contributed by atoms with Gasteiger partial charge in [-0.2, -0.15) is 0 Å². The Morgan fingerprint density at radius 3 is 2.85 bits per heavy atom. The first-order valence-corrected chi connectivity index (χ1v) is 8.63. The van der Waals surface area contributed by atoms with Crippen LogP contribution in [-0.2, 0) is 11.3 Å². The summed E-state index contributed by atoms with van der Waals surface area (Å²) in [5, 5.41) is 2.73. The Hall–Kier alpha value is -2.67. The van der Waals surface area contributed by atoms with E-state index >= 15 is 0 Å². The number of carbonyl (C=O) groups is 1. The maximum atomic E-state index is 12.9. The minimum absolute atomic E-state index is 0.0239. The highest BCUT2D eigenvalue weighted by atomic mass is 16.5. The first kappa shape index (κ1) is 18.1. The SMILES string of the molecule is COc1ccc(NC(=O)c2c(C)cc(C)n(CC3CCCO3)c2=O)cn1. The summed E-state index contributed by atoms with van der Waals surface area (Å²) in [4.78, 5) is 29.7. The molecule has 1 fully saturated rings.